The highest BCUT2D eigenvalue weighted by atomic mass is 16.5. The van der Waals surface area contributed by atoms with Crippen LogP contribution in [-0.4, -0.2) is 34.3 Å². The van der Waals surface area contributed by atoms with Gasteiger partial charge in [0, 0.05) is 0 Å². The van der Waals surface area contributed by atoms with Gasteiger partial charge in [0.1, 0.15) is 12.0 Å². The van der Waals surface area contributed by atoms with Crippen LogP contribution in [0.25, 0.3) is 0 Å². The smallest absolute Gasteiger partial charge is 0.242 e. The first-order valence-corrected chi connectivity index (χ1v) is 5.74. The molecular formula is C11H18N4O2. The van der Waals surface area contributed by atoms with Crippen LogP contribution in [0.1, 0.15) is 25.7 Å². The fourth-order valence-corrected chi connectivity index (χ4v) is 2.27. The monoisotopic (exact) mass is 238 g/mol. The van der Waals surface area contributed by atoms with Gasteiger partial charge < -0.3 is 20.9 Å². The maximum Gasteiger partial charge on any atom is 0.242 e. The van der Waals surface area contributed by atoms with E-state index in [0.717, 1.165) is 25.7 Å². The van der Waals surface area contributed by atoms with Gasteiger partial charge in [-0.3, -0.25) is 0 Å². The van der Waals surface area contributed by atoms with Gasteiger partial charge >= 0.3 is 0 Å². The zero-order valence-electron chi connectivity index (χ0n) is 9.94. The molecule has 17 heavy (non-hydrogen) atoms. The predicted molar refractivity (Wildman–Crippen MR) is 64.9 cm³/mol. The van der Waals surface area contributed by atoms with Gasteiger partial charge in [-0.15, -0.1) is 0 Å². The number of hydrogen-bond donors (Lipinski definition) is 3. The van der Waals surface area contributed by atoms with Crippen LogP contribution in [0, 0.1) is 0 Å². The fraction of sp³-hybridized carbons (Fsp3) is 0.636. The average molecular weight is 238 g/mol. The van der Waals surface area contributed by atoms with E-state index in [2.05, 4.69) is 15.3 Å². The summed E-state index contributed by atoms with van der Waals surface area (Å²) in [5.41, 5.74) is 5.98. The number of nitrogen functional groups attached to an aromatic ring is 1. The summed E-state index contributed by atoms with van der Waals surface area (Å²) in [6.07, 6.45) is 5.47. The molecule has 1 fully saturated rings. The molecule has 0 aromatic carbocycles. The fourth-order valence-electron chi connectivity index (χ4n) is 2.27. The second kappa shape index (κ2) is 4.75. The number of ether oxygens (including phenoxy) is 1. The van der Waals surface area contributed by atoms with E-state index in [1.165, 1.54) is 13.4 Å². The van der Waals surface area contributed by atoms with Gasteiger partial charge in [-0.1, -0.05) is 12.8 Å². The highest BCUT2D eigenvalue weighted by molar-refractivity contribution is 5.67. The molecule has 0 atom stereocenters. The lowest BCUT2D eigenvalue weighted by Gasteiger charge is -2.29. The molecule has 4 N–H and O–H groups in total. The average Bonchev–Trinajstić information content (AvgIpc) is 2.81. The van der Waals surface area contributed by atoms with Crippen molar-refractivity contribution in [2.45, 2.75) is 31.2 Å². The van der Waals surface area contributed by atoms with E-state index in [9.17, 15) is 5.11 Å². The number of anilines is 2. The van der Waals surface area contributed by atoms with Gasteiger partial charge in [0.2, 0.25) is 5.88 Å². The highest BCUT2D eigenvalue weighted by Crippen LogP contribution is 2.35. The molecule has 1 aliphatic carbocycles. The van der Waals surface area contributed by atoms with E-state index in [-0.39, 0.29) is 12.1 Å². The number of nitrogens with two attached hydrogens (primary N) is 1. The van der Waals surface area contributed by atoms with Gasteiger partial charge in [-0.05, 0) is 12.8 Å². The second-order valence-corrected chi connectivity index (χ2v) is 4.42. The minimum absolute atomic E-state index is 0.0821. The summed E-state index contributed by atoms with van der Waals surface area (Å²) in [7, 11) is 1.51. The molecule has 2 rings (SSSR count). The molecule has 0 amide bonds. The SMILES string of the molecule is COc1ncnc(NC2(CO)CCCC2)c1N. The van der Waals surface area contributed by atoms with Gasteiger partial charge in [0.05, 0.1) is 19.3 Å². The zero-order valence-corrected chi connectivity index (χ0v) is 9.94. The molecule has 1 aliphatic rings. The van der Waals surface area contributed by atoms with Gasteiger partial charge in [-0.25, -0.2) is 4.98 Å². The molecule has 0 unspecified atom stereocenters. The van der Waals surface area contributed by atoms with Crippen molar-refractivity contribution >= 4 is 11.5 Å². The molecule has 0 saturated heterocycles. The number of aromatic nitrogens is 2. The molecule has 0 spiro atoms. The van der Waals surface area contributed by atoms with Crippen LogP contribution in [-0.2, 0) is 0 Å². The van der Waals surface area contributed by atoms with Crippen molar-refractivity contribution in [3.8, 4) is 5.88 Å². The molecule has 0 bridgehead atoms. The predicted octanol–water partition coefficient (Wildman–Crippen LogP) is 0.784. The summed E-state index contributed by atoms with van der Waals surface area (Å²) in [6.45, 7) is 0.0821. The Balaban J connectivity index is 2.23. The third kappa shape index (κ3) is 2.26. The first-order chi connectivity index (χ1) is 8.21. The second-order valence-electron chi connectivity index (χ2n) is 4.42. The van der Waals surface area contributed by atoms with E-state index < -0.39 is 0 Å². The van der Waals surface area contributed by atoms with Gasteiger partial charge in [0.25, 0.3) is 0 Å². The largest absolute Gasteiger partial charge is 0.479 e. The minimum Gasteiger partial charge on any atom is -0.479 e. The maximum absolute atomic E-state index is 9.52. The van der Waals surface area contributed by atoms with Crippen molar-refractivity contribution in [3.05, 3.63) is 6.33 Å². The summed E-state index contributed by atoms with van der Waals surface area (Å²) in [5.74, 6) is 0.890. The summed E-state index contributed by atoms with van der Waals surface area (Å²) in [4.78, 5) is 8.02. The van der Waals surface area contributed by atoms with Crippen LogP contribution < -0.4 is 15.8 Å². The van der Waals surface area contributed by atoms with E-state index >= 15 is 0 Å². The number of nitrogens with zero attached hydrogens (tertiary/aromatic N) is 2. The summed E-state index contributed by atoms with van der Waals surface area (Å²) >= 11 is 0. The lowest BCUT2D eigenvalue weighted by molar-refractivity contribution is 0.214. The standard InChI is InChI=1S/C11H18N4O2/c1-17-10-8(12)9(13-7-14-10)15-11(6-16)4-2-3-5-11/h7,16H,2-6,12H2,1H3,(H,13,14,15). The van der Waals surface area contributed by atoms with E-state index in [0.29, 0.717) is 17.4 Å². The molecule has 94 valence electrons. The third-order valence-corrected chi connectivity index (χ3v) is 3.29. The van der Waals surface area contributed by atoms with Crippen LogP contribution in [0.5, 0.6) is 5.88 Å². The topological polar surface area (TPSA) is 93.3 Å². The van der Waals surface area contributed by atoms with Gasteiger partial charge in [-0.2, -0.15) is 4.98 Å². The number of aliphatic hydroxyl groups excluding tert-OH is 1. The summed E-state index contributed by atoms with van der Waals surface area (Å²) in [5, 5.41) is 12.8. The number of aliphatic hydroxyl groups is 1. The van der Waals surface area contributed by atoms with Crippen molar-refractivity contribution < 1.29 is 9.84 Å². The molecule has 1 heterocycles. The lowest BCUT2D eigenvalue weighted by Crippen LogP contribution is -2.39. The molecular weight excluding hydrogens is 220 g/mol. The summed E-state index contributed by atoms with van der Waals surface area (Å²) in [6, 6.07) is 0. The Morgan fingerprint density at radius 1 is 1.47 bits per heavy atom. The Morgan fingerprint density at radius 2 is 2.18 bits per heavy atom. The Bertz CT molecular complexity index is 391. The Morgan fingerprint density at radius 3 is 2.76 bits per heavy atom. The normalized spacial score (nSPS) is 18.0. The van der Waals surface area contributed by atoms with Crippen LogP contribution in [0.4, 0.5) is 11.5 Å². The molecule has 6 heteroatoms. The first kappa shape index (κ1) is 11.9. The Hall–Kier alpha value is -1.56. The molecule has 6 nitrogen and oxygen atoms in total. The minimum atomic E-state index is -0.298. The van der Waals surface area contributed by atoms with E-state index in [4.69, 9.17) is 10.5 Å². The first-order valence-electron chi connectivity index (χ1n) is 5.74. The zero-order chi connectivity index (χ0) is 12.3. The number of nitrogens with one attached hydrogen (secondary N) is 1. The van der Waals surface area contributed by atoms with Crippen molar-refractivity contribution in [1.29, 1.82) is 0 Å². The Labute approximate surface area is 100 Å². The number of hydrogen-bond acceptors (Lipinski definition) is 6. The van der Waals surface area contributed by atoms with E-state index in [1.54, 1.807) is 0 Å². The van der Waals surface area contributed by atoms with Crippen LogP contribution in [0.15, 0.2) is 6.33 Å². The van der Waals surface area contributed by atoms with Crippen LogP contribution >= 0.6 is 0 Å². The summed E-state index contributed by atoms with van der Waals surface area (Å²) < 4.78 is 5.04. The van der Waals surface area contributed by atoms with E-state index in [1.807, 2.05) is 0 Å². The van der Waals surface area contributed by atoms with Crippen molar-refractivity contribution in [2.24, 2.45) is 0 Å². The van der Waals surface area contributed by atoms with Crippen LogP contribution in [0.3, 0.4) is 0 Å². The molecule has 1 aromatic heterocycles. The van der Waals surface area contributed by atoms with Crippen molar-refractivity contribution in [2.75, 3.05) is 24.8 Å². The molecule has 1 saturated carbocycles. The molecule has 0 radical (unpaired) electrons. The number of rotatable bonds is 4. The van der Waals surface area contributed by atoms with Crippen LogP contribution in [0.2, 0.25) is 0 Å². The maximum atomic E-state index is 9.52. The van der Waals surface area contributed by atoms with Gasteiger partial charge in [0.15, 0.2) is 5.82 Å². The van der Waals surface area contributed by atoms with Crippen molar-refractivity contribution in [1.82, 2.24) is 9.97 Å². The molecule has 0 aliphatic heterocycles. The highest BCUT2D eigenvalue weighted by Gasteiger charge is 2.34. The lowest BCUT2D eigenvalue weighted by atomic mass is 9.99. The molecule has 1 aromatic rings. The number of methoxy groups -OCH3 is 1. The van der Waals surface area contributed by atoms with Crippen molar-refractivity contribution in [3.63, 3.8) is 0 Å². The quantitative estimate of drug-likeness (QED) is 0.718. The Kier molecular flexibility index (Phi) is 3.33. The third-order valence-electron chi connectivity index (χ3n) is 3.29.